The summed E-state index contributed by atoms with van der Waals surface area (Å²) in [5, 5.41) is 9.79. The number of aromatic nitrogens is 1. The first kappa shape index (κ1) is 29.5. The number of rotatable bonds is 6. The van der Waals surface area contributed by atoms with Crippen LogP contribution in [0, 0.1) is 18.7 Å². The molecule has 0 fully saturated rings. The Morgan fingerprint density at radius 3 is 2.29 bits per heavy atom. The van der Waals surface area contributed by atoms with Gasteiger partial charge in [0.2, 0.25) is 0 Å². The van der Waals surface area contributed by atoms with Crippen LogP contribution in [0.15, 0.2) is 65.8 Å². The Morgan fingerprint density at radius 1 is 1.11 bits per heavy atom. The normalized spacial score (nSPS) is 10.6. The molecule has 0 saturated heterocycles. The molecular weight excluding hydrogens is 443 g/mol. The zero-order valence-electron chi connectivity index (χ0n) is 21.8. The second-order valence-corrected chi connectivity index (χ2v) is 7.89. The van der Waals surface area contributed by atoms with E-state index in [2.05, 4.69) is 16.6 Å². The summed E-state index contributed by atoms with van der Waals surface area (Å²) in [5.74, 6) is -0.873. The Morgan fingerprint density at radius 2 is 1.74 bits per heavy atom. The minimum absolute atomic E-state index is 0.0793. The molecule has 0 unspecified atom stereocenters. The standard InChI is InChI=1S/C18H20N2O3.C9H11F.C2H6/c1-11(2)17(20-14-8-6-5-7-12(14)3)15-9-13(18(22)23-4)16(21)10-19-15;1-2-3-8-4-6-9(10)7-5-8;1-2/h5-11,21H,1-4H3;4-7H,2-3H2,1H3;1-2H3. The highest BCUT2D eigenvalue weighted by molar-refractivity contribution is 6.04. The highest BCUT2D eigenvalue weighted by atomic mass is 19.1. The molecule has 0 saturated carbocycles. The van der Waals surface area contributed by atoms with Crippen molar-refractivity contribution in [3.63, 3.8) is 0 Å². The first-order chi connectivity index (χ1) is 16.8. The molecule has 35 heavy (non-hydrogen) atoms. The lowest BCUT2D eigenvalue weighted by atomic mass is 10.0. The molecule has 188 valence electrons. The number of carbonyl (C=O) groups is 1. The molecule has 0 aliphatic carbocycles. The van der Waals surface area contributed by atoms with Crippen LogP contribution in [0.5, 0.6) is 5.75 Å². The van der Waals surface area contributed by atoms with Gasteiger partial charge in [-0.3, -0.25) is 9.98 Å². The lowest BCUT2D eigenvalue weighted by Gasteiger charge is -2.12. The van der Waals surface area contributed by atoms with E-state index < -0.39 is 5.97 Å². The Kier molecular flexibility index (Phi) is 13.0. The number of benzene rings is 2. The smallest absolute Gasteiger partial charge is 0.341 e. The van der Waals surface area contributed by atoms with E-state index in [0.29, 0.717) is 5.69 Å². The number of aliphatic imine (C=N–C) groups is 1. The van der Waals surface area contributed by atoms with Crippen LogP contribution in [0.2, 0.25) is 0 Å². The third kappa shape index (κ3) is 9.32. The minimum atomic E-state index is -0.606. The van der Waals surface area contributed by atoms with Crippen molar-refractivity contribution in [1.29, 1.82) is 0 Å². The van der Waals surface area contributed by atoms with Crippen molar-refractivity contribution in [2.75, 3.05) is 7.11 Å². The third-order valence-electron chi connectivity index (χ3n) is 4.91. The average Bonchev–Trinajstić information content (AvgIpc) is 2.86. The highest BCUT2D eigenvalue weighted by Gasteiger charge is 2.17. The summed E-state index contributed by atoms with van der Waals surface area (Å²) in [7, 11) is 1.27. The van der Waals surface area contributed by atoms with Crippen LogP contribution >= 0.6 is 0 Å². The average molecular weight is 481 g/mol. The molecule has 0 bridgehead atoms. The summed E-state index contributed by atoms with van der Waals surface area (Å²) in [5.41, 5.74) is 4.48. The summed E-state index contributed by atoms with van der Waals surface area (Å²) in [6.07, 6.45) is 3.41. The van der Waals surface area contributed by atoms with Gasteiger partial charge in [-0.05, 0) is 54.7 Å². The number of nitrogens with zero attached hydrogens (tertiary/aromatic N) is 2. The van der Waals surface area contributed by atoms with Crippen molar-refractivity contribution in [3.05, 3.63) is 89.0 Å². The van der Waals surface area contributed by atoms with E-state index in [-0.39, 0.29) is 23.0 Å². The molecule has 0 atom stereocenters. The van der Waals surface area contributed by atoms with Crippen LogP contribution in [0.1, 0.15) is 68.2 Å². The van der Waals surface area contributed by atoms with E-state index in [1.165, 1.54) is 37.1 Å². The van der Waals surface area contributed by atoms with Gasteiger partial charge in [-0.1, -0.05) is 71.4 Å². The van der Waals surface area contributed by atoms with Gasteiger partial charge in [0.1, 0.15) is 17.1 Å². The van der Waals surface area contributed by atoms with Gasteiger partial charge in [-0.25, -0.2) is 9.18 Å². The Hall–Kier alpha value is -3.54. The number of pyridine rings is 1. The summed E-state index contributed by atoms with van der Waals surface area (Å²) < 4.78 is 17.0. The molecule has 2 aromatic carbocycles. The van der Waals surface area contributed by atoms with Crippen molar-refractivity contribution in [2.45, 2.75) is 54.4 Å². The van der Waals surface area contributed by atoms with Crippen LogP contribution < -0.4 is 0 Å². The van der Waals surface area contributed by atoms with E-state index in [1.807, 2.05) is 71.0 Å². The number of para-hydroxylation sites is 1. The van der Waals surface area contributed by atoms with Gasteiger partial charge in [0.15, 0.2) is 0 Å². The van der Waals surface area contributed by atoms with Crippen LogP contribution in [0.3, 0.4) is 0 Å². The van der Waals surface area contributed by atoms with E-state index >= 15 is 0 Å². The van der Waals surface area contributed by atoms with Gasteiger partial charge in [0, 0.05) is 0 Å². The van der Waals surface area contributed by atoms with Gasteiger partial charge in [-0.2, -0.15) is 0 Å². The van der Waals surface area contributed by atoms with Gasteiger partial charge in [0.05, 0.1) is 30.4 Å². The quantitative estimate of drug-likeness (QED) is 0.293. The zero-order valence-corrected chi connectivity index (χ0v) is 21.8. The van der Waals surface area contributed by atoms with Crippen LogP contribution in [-0.4, -0.2) is 28.9 Å². The molecule has 1 aromatic heterocycles. The third-order valence-corrected chi connectivity index (χ3v) is 4.91. The second kappa shape index (κ2) is 15.4. The van der Waals surface area contributed by atoms with Crippen molar-refractivity contribution in [3.8, 4) is 5.75 Å². The molecule has 3 rings (SSSR count). The van der Waals surface area contributed by atoms with Crippen LogP contribution in [0.25, 0.3) is 0 Å². The zero-order chi connectivity index (χ0) is 26.4. The number of aromatic hydroxyl groups is 1. The van der Waals surface area contributed by atoms with Gasteiger partial charge in [-0.15, -0.1) is 0 Å². The predicted octanol–water partition coefficient (Wildman–Crippen LogP) is 7.46. The van der Waals surface area contributed by atoms with Gasteiger partial charge < -0.3 is 9.84 Å². The summed E-state index contributed by atoms with van der Waals surface area (Å²) in [4.78, 5) is 20.7. The number of hydrogen-bond acceptors (Lipinski definition) is 5. The molecule has 0 spiro atoms. The highest BCUT2D eigenvalue weighted by Crippen LogP contribution is 2.23. The minimum Gasteiger partial charge on any atom is -0.505 e. The number of carbonyl (C=O) groups excluding carboxylic acids is 1. The Balaban J connectivity index is 0.000000425. The van der Waals surface area contributed by atoms with Crippen LogP contribution in [0.4, 0.5) is 10.1 Å². The molecule has 0 aliphatic rings. The van der Waals surface area contributed by atoms with E-state index in [4.69, 9.17) is 4.99 Å². The monoisotopic (exact) mass is 480 g/mol. The maximum atomic E-state index is 12.3. The Bertz CT molecular complexity index is 1090. The number of halogens is 1. The summed E-state index contributed by atoms with van der Waals surface area (Å²) in [6, 6.07) is 16.0. The lowest BCUT2D eigenvalue weighted by molar-refractivity contribution is 0.0597. The molecule has 0 radical (unpaired) electrons. The molecule has 5 nitrogen and oxygen atoms in total. The molecule has 6 heteroatoms. The SMILES string of the molecule is CC.CCCc1ccc(F)cc1.COC(=O)c1cc(C(=Nc2ccccc2C)C(C)C)ncc1O. The van der Waals surface area contributed by atoms with E-state index in [0.717, 1.165) is 29.8 Å². The maximum Gasteiger partial charge on any atom is 0.341 e. The number of aryl methyl sites for hydroxylation is 2. The molecular formula is C29H37FN2O3. The maximum absolute atomic E-state index is 12.3. The van der Waals surface area contributed by atoms with Crippen molar-refractivity contribution in [1.82, 2.24) is 4.98 Å². The summed E-state index contributed by atoms with van der Waals surface area (Å²) in [6.45, 7) is 12.1. The first-order valence-electron chi connectivity index (χ1n) is 11.9. The van der Waals surface area contributed by atoms with E-state index in [9.17, 15) is 14.3 Å². The molecule has 0 aliphatic heterocycles. The molecule has 1 heterocycles. The number of esters is 1. The first-order valence-corrected chi connectivity index (χ1v) is 11.9. The fourth-order valence-corrected chi connectivity index (χ4v) is 3.10. The van der Waals surface area contributed by atoms with Crippen LogP contribution in [-0.2, 0) is 11.2 Å². The summed E-state index contributed by atoms with van der Waals surface area (Å²) >= 11 is 0. The van der Waals surface area contributed by atoms with Gasteiger partial charge in [0.25, 0.3) is 0 Å². The fraction of sp³-hybridized carbons (Fsp3) is 0.345. The number of methoxy groups -OCH3 is 1. The van der Waals surface area contributed by atoms with Gasteiger partial charge >= 0.3 is 5.97 Å². The topological polar surface area (TPSA) is 71.8 Å². The van der Waals surface area contributed by atoms with Crippen molar-refractivity contribution in [2.24, 2.45) is 10.9 Å². The molecule has 3 aromatic rings. The number of hydrogen-bond donors (Lipinski definition) is 1. The number of ether oxygens (including phenoxy) is 1. The molecule has 1 N–H and O–H groups in total. The fourth-order valence-electron chi connectivity index (χ4n) is 3.10. The largest absolute Gasteiger partial charge is 0.505 e. The van der Waals surface area contributed by atoms with Crippen molar-refractivity contribution >= 4 is 17.4 Å². The second-order valence-electron chi connectivity index (χ2n) is 7.89. The van der Waals surface area contributed by atoms with E-state index in [1.54, 1.807) is 0 Å². The van der Waals surface area contributed by atoms with Crippen molar-refractivity contribution < 1.29 is 19.0 Å². The predicted molar refractivity (Wildman–Crippen MR) is 141 cm³/mol. The Labute approximate surface area is 208 Å². The lowest BCUT2D eigenvalue weighted by Crippen LogP contribution is -2.13. The molecule has 0 amide bonds.